The van der Waals surface area contributed by atoms with Crippen LogP contribution in [0.3, 0.4) is 0 Å². The van der Waals surface area contributed by atoms with Crippen LogP contribution in [0.25, 0.3) is 0 Å². The van der Waals surface area contributed by atoms with Gasteiger partial charge in [-0.1, -0.05) is 26.8 Å². The van der Waals surface area contributed by atoms with Crippen molar-refractivity contribution in [3.63, 3.8) is 0 Å². The molecule has 1 N–H and O–H groups in total. The minimum Gasteiger partial charge on any atom is -0.494 e. The molecule has 1 aromatic rings. The van der Waals surface area contributed by atoms with Crippen LogP contribution in [-0.4, -0.2) is 14.2 Å². The fraction of sp³-hybridized carbons (Fsp3) is 0.600. The molecule has 2 nitrogen and oxygen atoms in total. The SMILES string of the molecule is CNC(CCC(C)(C)C)c1ccc(F)c(OC)c1. The van der Waals surface area contributed by atoms with Gasteiger partial charge < -0.3 is 10.1 Å². The standard InChI is InChI=1S/C15H24FNO/c1-15(2,3)9-8-13(17-4)11-6-7-12(16)14(10-11)18-5/h6-7,10,13,17H,8-9H2,1-5H3. The Morgan fingerprint density at radius 2 is 2.00 bits per heavy atom. The van der Waals surface area contributed by atoms with Crippen LogP contribution in [0.2, 0.25) is 0 Å². The molecule has 0 aliphatic rings. The van der Waals surface area contributed by atoms with Gasteiger partial charge in [0.25, 0.3) is 0 Å². The van der Waals surface area contributed by atoms with Crippen LogP contribution < -0.4 is 10.1 Å². The van der Waals surface area contributed by atoms with Crippen molar-refractivity contribution in [1.29, 1.82) is 0 Å². The number of rotatable bonds is 5. The average Bonchev–Trinajstić information content (AvgIpc) is 2.30. The van der Waals surface area contributed by atoms with E-state index >= 15 is 0 Å². The lowest BCUT2D eigenvalue weighted by Crippen LogP contribution is -2.19. The van der Waals surface area contributed by atoms with Crippen LogP contribution in [0, 0.1) is 11.2 Å². The number of ether oxygens (including phenoxy) is 1. The maximum atomic E-state index is 13.4. The summed E-state index contributed by atoms with van der Waals surface area (Å²) in [6, 6.07) is 5.30. The minimum absolute atomic E-state index is 0.235. The van der Waals surface area contributed by atoms with Gasteiger partial charge in [-0.05, 0) is 43.0 Å². The van der Waals surface area contributed by atoms with Gasteiger partial charge in [0, 0.05) is 6.04 Å². The summed E-state index contributed by atoms with van der Waals surface area (Å²) in [5, 5.41) is 3.28. The molecule has 0 spiro atoms. The van der Waals surface area contributed by atoms with Gasteiger partial charge >= 0.3 is 0 Å². The van der Waals surface area contributed by atoms with E-state index in [9.17, 15) is 4.39 Å². The molecule has 1 atom stereocenters. The molecule has 0 heterocycles. The van der Waals surface area contributed by atoms with Crippen LogP contribution in [0.5, 0.6) is 5.75 Å². The number of benzene rings is 1. The van der Waals surface area contributed by atoms with Gasteiger partial charge in [-0.15, -0.1) is 0 Å². The molecule has 3 heteroatoms. The van der Waals surface area contributed by atoms with Crippen LogP contribution in [-0.2, 0) is 0 Å². The lowest BCUT2D eigenvalue weighted by atomic mass is 9.87. The first kappa shape index (κ1) is 15.0. The van der Waals surface area contributed by atoms with E-state index in [1.54, 1.807) is 6.07 Å². The molecule has 0 aliphatic carbocycles. The largest absolute Gasteiger partial charge is 0.494 e. The Morgan fingerprint density at radius 3 is 2.50 bits per heavy atom. The molecule has 1 unspecified atom stereocenters. The molecule has 0 amide bonds. The molecular weight excluding hydrogens is 229 g/mol. The van der Waals surface area contributed by atoms with E-state index in [0.717, 1.165) is 18.4 Å². The van der Waals surface area contributed by atoms with E-state index in [4.69, 9.17) is 4.74 Å². The summed E-state index contributed by atoms with van der Waals surface area (Å²) in [5.74, 6) is -0.00423. The molecule has 18 heavy (non-hydrogen) atoms. The van der Waals surface area contributed by atoms with Crippen molar-refractivity contribution in [2.45, 2.75) is 39.7 Å². The molecule has 1 aromatic carbocycles. The van der Waals surface area contributed by atoms with E-state index in [1.807, 2.05) is 13.1 Å². The molecule has 0 saturated carbocycles. The van der Waals surface area contributed by atoms with Crippen molar-refractivity contribution in [3.05, 3.63) is 29.6 Å². The van der Waals surface area contributed by atoms with Gasteiger partial charge in [-0.3, -0.25) is 0 Å². The summed E-state index contributed by atoms with van der Waals surface area (Å²) >= 11 is 0. The Labute approximate surface area is 110 Å². The Bertz CT molecular complexity index is 385. The van der Waals surface area contributed by atoms with Crippen LogP contribution in [0.1, 0.15) is 45.2 Å². The summed E-state index contributed by atoms with van der Waals surface area (Å²) in [5.41, 5.74) is 1.37. The molecular formula is C15H24FNO. The van der Waals surface area contributed by atoms with Crippen molar-refractivity contribution in [2.24, 2.45) is 5.41 Å². The van der Waals surface area contributed by atoms with E-state index < -0.39 is 0 Å². The Hall–Kier alpha value is -1.09. The number of nitrogens with one attached hydrogen (secondary N) is 1. The van der Waals surface area contributed by atoms with Gasteiger partial charge in [0.15, 0.2) is 11.6 Å². The zero-order valence-corrected chi connectivity index (χ0v) is 12.0. The molecule has 1 rings (SSSR count). The molecule has 0 radical (unpaired) electrons. The predicted molar refractivity (Wildman–Crippen MR) is 73.4 cm³/mol. The van der Waals surface area contributed by atoms with Crippen LogP contribution in [0.15, 0.2) is 18.2 Å². The second-order valence-electron chi connectivity index (χ2n) is 5.83. The van der Waals surface area contributed by atoms with Gasteiger partial charge in [0.1, 0.15) is 0 Å². The maximum absolute atomic E-state index is 13.4. The lowest BCUT2D eigenvalue weighted by molar-refractivity contribution is 0.337. The molecule has 0 aromatic heterocycles. The fourth-order valence-electron chi connectivity index (χ4n) is 1.95. The smallest absolute Gasteiger partial charge is 0.165 e. The third kappa shape index (κ3) is 4.30. The monoisotopic (exact) mass is 253 g/mol. The summed E-state index contributed by atoms with van der Waals surface area (Å²) in [4.78, 5) is 0. The number of halogens is 1. The van der Waals surface area contributed by atoms with Gasteiger partial charge in [-0.2, -0.15) is 0 Å². The minimum atomic E-state index is -0.313. The van der Waals surface area contributed by atoms with Gasteiger partial charge in [-0.25, -0.2) is 4.39 Å². The molecule has 0 saturated heterocycles. The number of hydrogen-bond acceptors (Lipinski definition) is 2. The highest BCUT2D eigenvalue weighted by molar-refractivity contribution is 5.32. The lowest BCUT2D eigenvalue weighted by Gasteiger charge is -2.23. The van der Waals surface area contributed by atoms with E-state index in [1.165, 1.54) is 13.2 Å². The molecule has 0 bridgehead atoms. The first-order valence-electron chi connectivity index (χ1n) is 6.38. The third-order valence-electron chi connectivity index (χ3n) is 3.11. The van der Waals surface area contributed by atoms with Crippen LogP contribution in [0.4, 0.5) is 4.39 Å². The summed E-state index contributed by atoms with van der Waals surface area (Å²) in [7, 11) is 3.43. The average molecular weight is 253 g/mol. The Morgan fingerprint density at radius 1 is 1.33 bits per heavy atom. The van der Waals surface area contributed by atoms with Crippen molar-refractivity contribution in [3.8, 4) is 5.75 Å². The Kier molecular flexibility index (Phi) is 5.15. The highest BCUT2D eigenvalue weighted by Crippen LogP contribution is 2.29. The Balaban J connectivity index is 2.82. The second kappa shape index (κ2) is 6.19. The first-order valence-corrected chi connectivity index (χ1v) is 6.38. The molecule has 102 valence electrons. The van der Waals surface area contributed by atoms with Crippen molar-refractivity contribution >= 4 is 0 Å². The summed E-state index contributed by atoms with van der Waals surface area (Å²) in [6.07, 6.45) is 2.13. The zero-order chi connectivity index (χ0) is 13.8. The van der Waals surface area contributed by atoms with Crippen molar-refractivity contribution in [1.82, 2.24) is 5.32 Å². The predicted octanol–water partition coefficient (Wildman–Crippen LogP) is 3.92. The third-order valence-corrected chi connectivity index (χ3v) is 3.11. The molecule has 0 aliphatic heterocycles. The maximum Gasteiger partial charge on any atom is 0.165 e. The van der Waals surface area contributed by atoms with E-state index in [-0.39, 0.29) is 11.9 Å². The van der Waals surface area contributed by atoms with Gasteiger partial charge in [0.2, 0.25) is 0 Å². The fourth-order valence-corrected chi connectivity index (χ4v) is 1.95. The highest BCUT2D eigenvalue weighted by Gasteiger charge is 2.16. The van der Waals surface area contributed by atoms with Crippen LogP contribution >= 0.6 is 0 Å². The summed E-state index contributed by atoms with van der Waals surface area (Å²) in [6.45, 7) is 6.68. The zero-order valence-electron chi connectivity index (χ0n) is 12.0. The van der Waals surface area contributed by atoms with Crippen molar-refractivity contribution < 1.29 is 9.13 Å². The first-order chi connectivity index (χ1) is 8.37. The topological polar surface area (TPSA) is 21.3 Å². The highest BCUT2D eigenvalue weighted by atomic mass is 19.1. The molecule has 0 fully saturated rings. The van der Waals surface area contributed by atoms with E-state index in [2.05, 4.69) is 26.1 Å². The van der Waals surface area contributed by atoms with Crippen molar-refractivity contribution in [2.75, 3.05) is 14.2 Å². The second-order valence-corrected chi connectivity index (χ2v) is 5.83. The quantitative estimate of drug-likeness (QED) is 0.858. The van der Waals surface area contributed by atoms with E-state index in [0.29, 0.717) is 11.2 Å². The normalized spacial score (nSPS) is 13.4. The number of hydrogen-bond donors (Lipinski definition) is 1. The summed E-state index contributed by atoms with van der Waals surface area (Å²) < 4.78 is 18.4. The van der Waals surface area contributed by atoms with Gasteiger partial charge in [0.05, 0.1) is 7.11 Å². The number of methoxy groups -OCH3 is 1.